The number of ketones is 1. The van der Waals surface area contributed by atoms with Gasteiger partial charge < -0.3 is 10.5 Å². The predicted molar refractivity (Wildman–Crippen MR) is 134 cm³/mol. The quantitative estimate of drug-likeness (QED) is 0.213. The number of ether oxygens (including phenoxy) is 1. The fraction of sp³-hybridized carbons (Fsp3) is 0.259. The SMILES string of the molecule is COC(=O)C=Cc1ccc(C(=O)C=Cc2sc3cc(C(F)(F)F)ccc3c2CC(C)C)cc1CN. The Bertz CT molecular complexity index is 1300. The molecule has 0 unspecified atom stereocenters. The third kappa shape index (κ3) is 6.46. The van der Waals surface area contributed by atoms with Crippen LogP contribution >= 0.6 is 11.3 Å². The van der Waals surface area contributed by atoms with Crippen molar-refractivity contribution in [2.75, 3.05) is 7.11 Å². The van der Waals surface area contributed by atoms with Gasteiger partial charge >= 0.3 is 12.1 Å². The number of esters is 1. The van der Waals surface area contributed by atoms with E-state index in [1.54, 1.807) is 30.4 Å². The minimum Gasteiger partial charge on any atom is -0.466 e. The van der Waals surface area contributed by atoms with Gasteiger partial charge in [-0.05, 0) is 70.8 Å². The largest absolute Gasteiger partial charge is 0.466 e. The van der Waals surface area contributed by atoms with E-state index >= 15 is 0 Å². The molecule has 2 N–H and O–H groups in total. The zero-order valence-corrected chi connectivity index (χ0v) is 20.4. The van der Waals surface area contributed by atoms with Crippen molar-refractivity contribution >= 4 is 45.3 Å². The number of benzene rings is 2. The molecule has 184 valence electrons. The summed E-state index contributed by atoms with van der Waals surface area (Å²) in [7, 11) is 1.28. The average Bonchev–Trinajstić information content (AvgIpc) is 3.16. The van der Waals surface area contributed by atoms with E-state index in [0.717, 1.165) is 28.0 Å². The Hall–Kier alpha value is -3.23. The van der Waals surface area contributed by atoms with Crippen LogP contribution in [0.15, 0.2) is 48.6 Å². The van der Waals surface area contributed by atoms with Crippen LogP contribution in [0, 0.1) is 5.92 Å². The van der Waals surface area contributed by atoms with E-state index in [-0.39, 0.29) is 18.2 Å². The van der Waals surface area contributed by atoms with E-state index in [1.165, 1.54) is 36.7 Å². The van der Waals surface area contributed by atoms with Crippen molar-refractivity contribution in [2.24, 2.45) is 11.7 Å². The number of carbonyl (C=O) groups excluding carboxylic acids is 2. The Morgan fingerprint density at radius 2 is 1.83 bits per heavy atom. The first-order valence-electron chi connectivity index (χ1n) is 11.0. The number of nitrogens with two attached hydrogens (primary N) is 1. The minimum absolute atomic E-state index is 0.169. The van der Waals surface area contributed by atoms with Gasteiger partial charge in [-0.2, -0.15) is 13.2 Å². The zero-order valence-electron chi connectivity index (χ0n) is 19.6. The summed E-state index contributed by atoms with van der Waals surface area (Å²) in [6, 6.07) is 8.78. The summed E-state index contributed by atoms with van der Waals surface area (Å²) >= 11 is 1.24. The summed E-state index contributed by atoms with van der Waals surface area (Å²) in [5, 5.41) is 0.774. The molecule has 3 aromatic rings. The van der Waals surface area contributed by atoms with Crippen LogP contribution in [0.25, 0.3) is 22.2 Å². The molecule has 0 atom stereocenters. The summed E-state index contributed by atoms with van der Waals surface area (Å²) in [4.78, 5) is 25.0. The van der Waals surface area contributed by atoms with Crippen LogP contribution < -0.4 is 5.73 Å². The Balaban J connectivity index is 1.94. The lowest BCUT2D eigenvalue weighted by atomic mass is 9.98. The summed E-state index contributed by atoms with van der Waals surface area (Å²) in [6.45, 7) is 4.25. The summed E-state index contributed by atoms with van der Waals surface area (Å²) in [5.41, 5.74) is 7.86. The topological polar surface area (TPSA) is 69.4 Å². The number of rotatable bonds is 8. The molecule has 2 aromatic carbocycles. The molecule has 0 bridgehead atoms. The fourth-order valence-corrected chi connectivity index (χ4v) is 4.85. The van der Waals surface area contributed by atoms with Crippen molar-refractivity contribution < 1.29 is 27.5 Å². The van der Waals surface area contributed by atoms with Crippen LogP contribution in [0.2, 0.25) is 0 Å². The van der Waals surface area contributed by atoms with E-state index in [4.69, 9.17) is 5.73 Å². The molecule has 3 rings (SSSR count). The third-order valence-corrected chi connectivity index (χ3v) is 6.56. The number of hydrogen-bond donors (Lipinski definition) is 1. The number of hydrogen-bond acceptors (Lipinski definition) is 5. The Labute approximate surface area is 205 Å². The summed E-state index contributed by atoms with van der Waals surface area (Å²) in [5.74, 6) is -0.471. The van der Waals surface area contributed by atoms with Crippen LogP contribution in [-0.4, -0.2) is 18.9 Å². The van der Waals surface area contributed by atoms with Crippen molar-refractivity contribution in [1.82, 2.24) is 0 Å². The summed E-state index contributed by atoms with van der Waals surface area (Å²) in [6.07, 6.45) is 2.21. The van der Waals surface area contributed by atoms with Crippen molar-refractivity contribution in [3.05, 3.63) is 81.2 Å². The Morgan fingerprint density at radius 3 is 2.46 bits per heavy atom. The number of carbonyl (C=O) groups is 2. The van der Waals surface area contributed by atoms with E-state index in [2.05, 4.69) is 4.74 Å². The van der Waals surface area contributed by atoms with Crippen LogP contribution in [0.1, 0.15) is 51.3 Å². The van der Waals surface area contributed by atoms with E-state index in [0.29, 0.717) is 27.8 Å². The maximum Gasteiger partial charge on any atom is 0.416 e. The number of methoxy groups -OCH3 is 1. The van der Waals surface area contributed by atoms with Crippen molar-refractivity contribution in [2.45, 2.75) is 33.0 Å². The molecular weight excluding hydrogens is 475 g/mol. The number of thiophene rings is 1. The normalized spacial score (nSPS) is 12.3. The lowest BCUT2D eigenvalue weighted by Crippen LogP contribution is -2.04. The first kappa shape index (κ1) is 26.4. The lowest BCUT2D eigenvalue weighted by Gasteiger charge is -2.08. The molecule has 0 aliphatic rings. The molecule has 1 heterocycles. The molecule has 35 heavy (non-hydrogen) atoms. The second kappa shape index (κ2) is 11.0. The molecule has 1 aromatic heterocycles. The molecule has 8 heteroatoms. The van der Waals surface area contributed by atoms with Gasteiger partial charge in [-0.3, -0.25) is 4.79 Å². The highest BCUT2D eigenvalue weighted by molar-refractivity contribution is 7.20. The first-order chi connectivity index (χ1) is 16.5. The van der Waals surface area contributed by atoms with Gasteiger partial charge in [0.15, 0.2) is 5.78 Å². The monoisotopic (exact) mass is 501 g/mol. The number of fused-ring (bicyclic) bond motifs is 1. The standard InChI is InChI=1S/C27H26F3NO3S/c1-16(2)12-22-21-8-7-20(27(28,29)30)14-25(21)35-24(22)10-9-23(32)18-5-4-17(19(13-18)15-31)6-11-26(33)34-3/h4-11,13-14,16H,12,15,31H2,1-3H3. The molecule has 0 fully saturated rings. The molecule has 0 aliphatic heterocycles. The van der Waals surface area contributed by atoms with Crippen molar-refractivity contribution in [3.63, 3.8) is 0 Å². The highest BCUT2D eigenvalue weighted by Crippen LogP contribution is 2.38. The van der Waals surface area contributed by atoms with Gasteiger partial charge in [0.1, 0.15) is 0 Å². The molecule has 0 aliphatic carbocycles. The molecule has 0 saturated heterocycles. The predicted octanol–water partition coefficient (Wildman–Crippen LogP) is 6.66. The second-order valence-electron chi connectivity index (χ2n) is 8.42. The highest BCUT2D eigenvalue weighted by atomic mass is 32.1. The molecule has 0 radical (unpaired) electrons. The van der Waals surface area contributed by atoms with Crippen molar-refractivity contribution in [3.8, 4) is 0 Å². The van der Waals surface area contributed by atoms with Crippen LogP contribution in [-0.2, 0) is 28.7 Å². The zero-order chi connectivity index (χ0) is 25.8. The number of allylic oxidation sites excluding steroid dienone is 1. The summed E-state index contributed by atoms with van der Waals surface area (Å²) < 4.78 is 44.7. The van der Waals surface area contributed by atoms with Gasteiger partial charge in [0.25, 0.3) is 0 Å². The van der Waals surface area contributed by atoms with Crippen LogP contribution in [0.4, 0.5) is 13.2 Å². The molecular formula is C27H26F3NO3S. The molecule has 0 spiro atoms. The van der Waals surface area contributed by atoms with Gasteiger partial charge in [-0.15, -0.1) is 11.3 Å². The van der Waals surface area contributed by atoms with E-state index in [9.17, 15) is 22.8 Å². The van der Waals surface area contributed by atoms with E-state index in [1.807, 2.05) is 13.8 Å². The molecule has 4 nitrogen and oxygen atoms in total. The third-order valence-electron chi connectivity index (χ3n) is 5.40. The lowest BCUT2D eigenvalue weighted by molar-refractivity contribution is -0.137. The van der Waals surface area contributed by atoms with Crippen LogP contribution in [0.3, 0.4) is 0 Å². The minimum atomic E-state index is -4.42. The van der Waals surface area contributed by atoms with Gasteiger partial charge in [-0.1, -0.05) is 32.0 Å². The van der Waals surface area contributed by atoms with Crippen LogP contribution in [0.5, 0.6) is 0 Å². The maximum absolute atomic E-state index is 13.2. The smallest absolute Gasteiger partial charge is 0.416 e. The van der Waals surface area contributed by atoms with Gasteiger partial charge in [0.05, 0.1) is 12.7 Å². The van der Waals surface area contributed by atoms with Gasteiger partial charge in [-0.25, -0.2) is 4.79 Å². The van der Waals surface area contributed by atoms with Crippen molar-refractivity contribution in [1.29, 1.82) is 0 Å². The number of alkyl halides is 3. The molecule has 0 amide bonds. The maximum atomic E-state index is 13.2. The average molecular weight is 502 g/mol. The van der Waals surface area contributed by atoms with Gasteiger partial charge in [0.2, 0.25) is 0 Å². The molecule has 0 saturated carbocycles. The highest BCUT2D eigenvalue weighted by Gasteiger charge is 2.31. The Morgan fingerprint density at radius 1 is 1.09 bits per heavy atom. The van der Waals surface area contributed by atoms with Gasteiger partial charge in [0, 0.05) is 27.8 Å². The number of halogens is 3. The first-order valence-corrected chi connectivity index (χ1v) is 11.8. The van der Waals surface area contributed by atoms with E-state index < -0.39 is 17.7 Å². The Kier molecular flexibility index (Phi) is 8.30. The second-order valence-corrected chi connectivity index (χ2v) is 9.51. The fourth-order valence-electron chi connectivity index (χ4n) is 3.67.